The van der Waals surface area contributed by atoms with Gasteiger partial charge in [-0.3, -0.25) is 24.0 Å². The Balaban J connectivity index is 1.13. The number of ketones is 2. The minimum Gasteiger partial charge on any atom is -0.363 e. The van der Waals surface area contributed by atoms with E-state index in [1.54, 1.807) is 4.90 Å². The Bertz CT molecular complexity index is 1500. The molecule has 5 aliphatic carbocycles. The third kappa shape index (κ3) is 6.86. The van der Waals surface area contributed by atoms with Gasteiger partial charge in [-0.25, -0.2) is 4.79 Å². The molecular formula is C38H51N5O6. The van der Waals surface area contributed by atoms with Gasteiger partial charge in [0.15, 0.2) is 5.78 Å². The highest BCUT2D eigenvalue weighted by Gasteiger charge is 2.70. The van der Waals surface area contributed by atoms with E-state index in [1.807, 2.05) is 24.3 Å². The van der Waals surface area contributed by atoms with Crippen LogP contribution in [0, 0.1) is 40.9 Å². The van der Waals surface area contributed by atoms with Crippen molar-refractivity contribution in [3.8, 4) is 0 Å². The fourth-order valence-electron chi connectivity index (χ4n) is 9.38. The lowest BCUT2D eigenvalue weighted by Crippen LogP contribution is -2.61. The Labute approximate surface area is 288 Å². The smallest absolute Gasteiger partial charge is 0.316 e. The minimum atomic E-state index is -1.09. The number of likely N-dealkylation sites (tertiary alicyclic amines) is 1. The topological polar surface area (TPSA) is 168 Å². The SMILES string of the molecule is CC1(C)[C@@H]2[C@@H](C(=O)NC(CC3CC3)C(=O)C(N)=O)N(C(=O)[C@@H](NC(=O)N[C@H](C(=O)C3CC3)C3CCCCC3)C3Cc4ccccc4C3)C[C@@H]21. The molecule has 4 saturated carbocycles. The largest absolute Gasteiger partial charge is 0.363 e. The first kappa shape index (κ1) is 33.7. The lowest BCUT2D eigenvalue weighted by atomic mass is 9.81. The first-order valence-corrected chi connectivity index (χ1v) is 18.6. The Hall–Kier alpha value is -3.76. The molecule has 0 bridgehead atoms. The average molecular weight is 674 g/mol. The van der Waals surface area contributed by atoms with Crippen molar-refractivity contribution in [1.82, 2.24) is 20.9 Å². The van der Waals surface area contributed by atoms with E-state index >= 15 is 0 Å². The van der Waals surface area contributed by atoms with Crippen LogP contribution in [-0.2, 0) is 36.8 Å². The molecular weight excluding hydrogens is 622 g/mol. The molecule has 1 saturated heterocycles. The van der Waals surface area contributed by atoms with Gasteiger partial charge in [0.2, 0.25) is 17.6 Å². The van der Waals surface area contributed by atoms with Gasteiger partial charge < -0.3 is 26.6 Å². The molecule has 1 aliphatic heterocycles. The van der Waals surface area contributed by atoms with Crippen LogP contribution < -0.4 is 21.7 Å². The highest BCUT2D eigenvalue weighted by molar-refractivity contribution is 6.37. The van der Waals surface area contributed by atoms with Gasteiger partial charge in [0.1, 0.15) is 12.1 Å². The summed E-state index contributed by atoms with van der Waals surface area (Å²) in [6.07, 6.45) is 10.1. The second-order valence-corrected chi connectivity index (χ2v) is 16.4. The lowest BCUT2D eigenvalue weighted by Gasteiger charge is -2.36. The molecule has 6 atom stereocenters. The summed E-state index contributed by atoms with van der Waals surface area (Å²) in [5.41, 5.74) is 7.43. The third-order valence-electron chi connectivity index (χ3n) is 12.7. The molecule has 49 heavy (non-hydrogen) atoms. The number of nitrogens with one attached hydrogen (secondary N) is 3. The molecule has 11 nitrogen and oxygen atoms in total. The van der Waals surface area contributed by atoms with E-state index in [1.165, 1.54) is 0 Å². The summed E-state index contributed by atoms with van der Waals surface area (Å²) in [5.74, 6) is -2.54. The maximum atomic E-state index is 14.8. The Morgan fingerprint density at radius 3 is 2.06 bits per heavy atom. The molecule has 5 amide bonds. The van der Waals surface area contributed by atoms with E-state index in [0.29, 0.717) is 25.8 Å². The van der Waals surface area contributed by atoms with Gasteiger partial charge in [-0.1, -0.05) is 70.2 Å². The number of primary amides is 1. The van der Waals surface area contributed by atoms with E-state index < -0.39 is 47.8 Å². The van der Waals surface area contributed by atoms with Gasteiger partial charge in [-0.2, -0.15) is 0 Å². The summed E-state index contributed by atoms with van der Waals surface area (Å²) in [6.45, 7) is 4.52. The van der Waals surface area contributed by atoms with Crippen LogP contribution in [0.15, 0.2) is 24.3 Å². The number of carbonyl (C=O) groups is 6. The van der Waals surface area contributed by atoms with Crippen LogP contribution in [-0.4, -0.2) is 70.9 Å². The molecule has 11 heteroatoms. The summed E-state index contributed by atoms with van der Waals surface area (Å²) in [4.78, 5) is 82.4. The van der Waals surface area contributed by atoms with E-state index in [9.17, 15) is 28.8 Å². The predicted molar refractivity (Wildman–Crippen MR) is 181 cm³/mol. The monoisotopic (exact) mass is 673 g/mol. The quantitative estimate of drug-likeness (QED) is 0.235. The van der Waals surface area contributed by atoms with Gasteiger partial charge in [0.05, 0.1) is 12.1 Å². The number of amides is 5. The fourth-order valence-corrected chi connectivity index (χ4v) is 9.38. The van der Waals surface area contributed by atoms with Crippen molar-refractivity contribution in [2.24, 2.45) is 46.7 Å². The van der Waals surface area contributed by atoms with Crippen LogP contribution in [0.5, 0.6) is 0 Å². The molecule has 1 unspecified atom stereocenters. The molecule has 1 heterocycles. The van der Waals surface area contributed by atoms with Crippen molar-refractivity contribution in [3.63, 3.8) is 0 Å². The molecule has 0 aromatic heterocycles. The summed E-state index contributed by atoms with van der Waals surface area (Å²) in [5, 5.41) is 8.89. The van der Waals surface area contributed by atoms with Crippen LogP contribution in [0.4, 0.5) is 4.79 Å². The molecule has 7 rings (SSSR count). The number of rotatable bonds is 13. The first-order valence-electron chi connectivity index (χ1n) is 18.6. The normalized spacial score (nSPS) is 27.6. The summed E-state index contributed by atoms with van der Waals surface area (Å²) >= 11 is 0. The van der Waals surface area contributed by atoms with Gasteiger partial charge >= 0.3 is 6.03 Å². The molecule has 1 aromatic rings. The average Bonchev–Trinajstić information content (AvgIpc) is 4.05. The third-order valence-corrected chi connectivity index (χ3v) is 12.7. The van der Waals surface area contributed by atoms with Crippen LogP contribution in [0.2, 0.25) is 0 Å². The number of benzene rings is 1. The van der Waals surface area contributed by atoms with Gasteiger partial charge in [0.25, 0.3) is 5.91 Å². The number of Topliss-reactive ketones (excluding diaryl/α,β-unsaturated/α-hetero) is 2. The number of piperidine rings is 1. The fraction of sp³-hybridized carbons (Fsp3) is 0.684. The highest BCUT2D eigenvalue weighted by Crippen LogP contribution is 2.65. The van der Waals surface area contributed by atoms with Crippen molar-refractivity contribution in [1.29, 1.82) is 0 Å². The molecule has 1 aromatic carbocycles. The number of fused-ring (bicyclic) bond motifs is 2. The number of nitrogens with two attached hydrogens (primary N) is 1. The summed E-state index contributed by atoms with van der Waals surface area (Å²) in [7, 11) is 0. The zero-order valence-electron chi connectivity index (χ0n) is 28.7. The number of carbonyl (C=O) groups excluding carboxylic acids is 6. The van der Waals surface area contributed by atoms with E-state index in [-0.39, 0.29) is 52.6 Å². The minimum absolute atomic E-state index is 0.00174. The number of urea groups is 1. The van der Waals surface area contributed by atoms with Crippen molar-refractivity contribution in [3.05, 3.63) is 35.4 Å². The van der Waals surface area contributed by atoms with Crippen LogP contribution in [0.25, 0.3) is 0 Å². The maximum absolute atomic E-state index is 14.8. The van der Waals surface area contributed by atoms with Gasteiger partial charge in [0, 0.05) is 12.5 Å². The summed E-state index contributed by atoms with van der Waals surface area (Å²) in [6, 6.07) is 4.12. The van der Waals surface area contributed by atoms with Crippen molar-refractivity contribution >= 4 is 35.3 Å². The van der Waals surface area contributed by atoms with Crippen LogP contribution in [0.1, 0.15) is 89.2 Å². The first-order chi connectivity index (χ1) is 23.4. The molecule has 0 spiro atoms. The highest BCUT2D eigenvalue weighted by atomic mass is 16.2. The van der Waals surface area contributed by atoms with E-state index in [0.717, 1.165) is 68.9 Å². The number of nitrogens with zero attached hydrogens (tertiary/aromatic N) is 1. The van der Waals surface area contributed by atoms with Crippen LogP contribution >= 0.6 is 0 Å². The maximum Gasteiger partial charge on any atom is 0.316 e. The van der Waals surface area contributed by atoms with Crippen molar-refractivity contribution in [2.75, 3.05) is 6.54 Å². The second kappa shape index (κ2) is 13.2. The molecule has 6 aliphatic rings. The number of hydrogen-bond donors (Lipinski definition) is 4. The summed E-state index contributed by atoms with van der Waals surface area (Å²) < 4.78 is 0. The zero-order valence-corrected chi connectivity index (χ0v) is 28.7. The van der Waals surface area contributed by atoms with Crippen molar-refractivity contribution in [2.45, 2.75) is 115 Å². The number of hydrogen-bond acceptors (Lipinski definition) is 6. The Morgan fingerprint density at radius 2 is 1.47 bits per heavy atom. The molecule has 0 radical (unpaired) electrons. The molecule has 5 fully saturated rings. The second-order valence-electron chi connectivity index (χ2n) is 16.4. The van der Waals surface area contributed by atoms with Crippen LogP contribution in [0.3, 0.4) is 0 Å². The Morgan fingerprint density at radius 1 is 0.837 bits per heavy atom. The van der Waals surface area contributed by atoms with E-state index in [2.05, 4.69) is 29.8 Å². The molecule has 5 N–H and O–H groups in total. The van der Waals surface area contributed by atoms with Crippen molar-refractivity contribution < 1.29 is 28.8 Å². The van der Waals surface area contributed by atoms with E-state index in [4.69, 9.17) is 5.73 Å². The standard InChI is InChI=1S/C38H51N5O6/c1-38(2)26-19-43(31(28(26)38)35(47)40-27(16-20-12-13-20)33(45)34(39)46)36(48)30(25-17-23-10-6-7-11-24(23)18-25)42-37(49)41-29(32(44)22-14-15-22)21-8-4-3-5-9-21/h6-7,10-11,20-22,25-31H,3-5,8-9,12-19H2,1-2H3,(H2,39,46)(H,40,47)(H2,41,42,49)/t26-,27?,28-,29-,30-,31-/m0/s1. The van der Waals surface area contributed by atoms with Gasteiger partial charge in [-0.15, -0.1) is 0 Å². The lowest BCUT2D eigenvalue weighted by molar-refractivity contribution is -0.144. The molecule has 264 valence electrons. The predicted octanol–water partition coefficient (Wildman–Crippen LogP) is 2.82. The Kier molecular flexibility index (Phi) is 9.07. The van der Waals surface area contributed by atoms with Gasteiger partial charge in [-0.05, 0) is 91.1 Å². The zero-order chi connectivity index (χ0) is 34.6.